The van der Waals surface area contributed by atoms with Gasteiger partial charge in [0.1, 0.15) is 0 Å². The summed E-state index contributed by atoms with van der Waals surface area (Å²) in [5.41, 5.74) is 0.827. The summed E-state index contributed by atoms with van der Waals surface area (Å²) in [6.07, 6.45) is 0.830. The zero-order valence-electron chi connectivity index (χ0n) is 13.0. The van der Waals surface area contributed by atoms with E-state index in [-0.39, 0.29) is 11.5 Å². The molecule has 0 amide bonds. The molecular formula is C15H21N3O2S2. The van der Waals surface area contributed by atoms with Crippen LogP contribution in [0.25, 0.3) is 10.2 Å². The SMILES string of the molecule is CC(C)(C)c1nc2ccc(S(=O)(=O)NC3CCNC3)cc2s1. The van der Waals surface area contributed by atoms with E-state index in [4.69, 9.17) is 0 Å². The zero-order valence-corrected chi connectivity index (χ0v) is 14.6. The molecule has 1 aromatic heterocycles. The Labute approximate surface area is 135 Å². The fourth-order valence-electron chi connectivity index (χ4n) is 2.44. The molecule has 1 aliphatic heterocycles. The molecular weight excluding hydrogens is 318 g/mol. The van der Waals surface area contributed by atoms with E-state index in [0.717, 1.165) is 28.2 Å². The number of rotatable bonds is 3. The molecule has 5 nitrogen and oxygen atoms in total. The lowest BCUT2D eigenvalue weighted by Crippen LogP contribution is -2.36. The third-order valence-electron chi connectivity index (χ3n) is 3.69. The molecule has 120 valence electrons. The number of benzene rings is 1. The highest BCUT2D eigenvalue weighted by atomic mass is 32.2. The number of hydrogen-bond donors (Lipinski definition) is 2. The van der Waals surface area contributed by atoms with Crippen LogP contribution in [0.15, 0.2) is 23.1 Å². The molecule has 0 bridgehead atoms. The Morgan fingerprint density at radius 2 is 2.14 bits per heavy atom. The van der Waals surface area contributed by atoms with Gasteiger partial charge in [0.15, 0.2) is 0 Å². The lowest BCUT2D eigenvalue weighted by atomic mass is 9.98. The Balaban J connectivity index is 1.93. The first kappa shape index (κ1) is 15.9. The molecule has 2 aromatic rings. The van der Waals surface area contributed by atoms with Crippen LogP contribution in [0.2, 0.25) is 0 Å². The second kappa shape index (κ2) is 5.56. The number of nitrogens with zero attached hydrogens (tertiary/aromatic N) is 1. The van der Waals surface area contributed by atoms with Crippen molar-refractivity contribution in [3.63, 3.8) is 0 Å². The fraction of sp³-hybridized carbons (Fsp3) is 0.533. The van der Waals surface area contributed by atoms with Gasteiger partial charge in [-0.15, -0.1) is 11.3 Å². The summed E-state index contributed by atoms with van der Waals surface area (Å²) < 4.78 is 28.6. The van der Waals surface area contributed by atoms with Crippen molar-refractivity contribution in [1.29, 1.82) is 0 Å². The quantitative estimate of drug-likeness (QED) is 0.900. The predicted molar refractivity (Wildman–Crippen MR) is 89.9 cm³/mol. The van der Waals surface area contributed by atoms with Crippen LogP contribution in [0.5, 0.6) is 0 Å². The van der Waals surface area contributed by atoms with Gasteiger partial charge in [-0.1, -0.05) is 20.8 Å². The summed E-state index contributed by atoms with van der Waals surface area (Å²) in [6, 6.07) is 5.14. The van der Waals surface area contributed by atoms with Gasteiger partial charge < -0.3 is 5.32 Å². The minimum absolute atomic E-state index is 0.0210. The van der Waals surface area contributed by atoms with Crippen molar-refractivity contribution in [3.05, 3.63) is 23.2 Å². The van der Waals surface area contributed by atoms with Crippen LogP contribution in [0.1, 0.15) is 32.2 Å². The molecule has 0 spiro atoms. The van der Waals surface area contributed by atoms with Gasteiger partial charge in [0.05, 0.1) is 20.1 Å². The van der Waals surface area contributed by atoms with Crippen molar-refractivity contribution >= 4 is 31.6 Å². The summed E-state index contributed by atoms with van der Waals surface area (Å²) in [5, 5.41) is 4.18. The maximum atomic E-state index is 12.5. The molecule has 3 rings (SSSR count). The largest absolute Gasteiger partial charge is 0.315 e. The first-order chi connectivity index (χ1) is 10.3. The van der Waals surface area contributed by atoms with Crippen molar-refractivity contribution in [2.75, 3.05) is 13.1 Å². The van der Waals surface area contributed by atoms with Crippen molar-refractivity contribution < 1.29 is 8.42 Å². The number of nitrogens with one attached hydrogen (secondary N) is 2. The second-order valence-corrected chi connectivity index (χ2v) is 9.45. The molecule has 22 heavy (non-hydrogen) atoms. The van der Waals surface area contributed by atoms with Crippen LogP contribution in [0.3, 0.4) is 0 Å². The topological polar surface area (TPSA) is 71.1 Å². The van der Waals surface area contributed by atoms with E-state index in [1.807, 2.05) is 0 Å². The third-order valence-corrected chi connectivity index (χ3v) is 6.66. The maximum absolute atomic E-state index is 12.5. The number of thiazole rings is 1. The minimum Gasteiger partial charge on any atom is -0.315 e. The zero-order chi connectivity index (χ0) is 16.0. The van der Waals surface area contributed by atoms with Gasteiger partial charge in [-0.2, -0.15) is 0 Å². The van der Waals surface area contributed by atoms with E-state index < -0.39 is 10.0 Å². The van der Waals surface area contributed by atoms with Gasteiger partial charge in [0, 0.05) is 18.0 Å². The van der Waals surface area contributed by atoms with Gasteiger partial charge >= 0.3 is 0 Å². The lowest BCUT2D eigenvalue weighted by molar-refractivity contribution is 0.560. The molecule has 0 radical (unpaired) electrons. The van der Waals surface area contributed by atoms with E-state index >= 15 is 0 Å². The normalized spacial score (nSPS) is 19.9. The molecule has 1 saturated heterocycles. The van der Waals surface area contributed by atoms with E-state index in [0.29, 0.717) is 11.4 Å². The number of fused-ring (bicyclic) bond motifs is 1. The molecule has 2 heterocycles. The summed E-state index contributed by atoms with van der Waals surface area (Å²) >= 11 is 1.56. The fourth-order valence-corrected chi connectivity index (χ4v) is 4.87. The van der Waals surface area contributed by atoms with E-state index in [9.17, 15) is 8.42 Å². The smallest absolute Gasteiger partial charge is 0.240 e. The molecule has 1 aliphatic rings. The first-order valence-electron chi connectivity index (χ1n) is 7.40. The van der Waals surface area contributed by atoms with Crippen molar-refractivity contribution in [2.45, 2.75) is 43.5 Å². The predicted octanol–water partition coefficient (Wildman–Crippen LogP) is 2.23. The Kier molecular flexibility index (Phi) is 4.01. The average Bonchev–Trinajstić information content (AvgIpc) is 3.04. The van der Waals surface area contributed by atoms with Crippen LogP contribution in [-0.2, 0) is 15.4 Å². The summed E-state index contributed by atoms with van der Waals surface area (Å²) in [5.74, 6) is 0. The van der Waals surface area contributed by atoms with Gasteiger partial charge in [-0.3, -0.25) is 0 Å². The van der Waals surface area contributed by atoms with Gasteiger partial charge in [-0.25, -0.2) is 18.1 Å². The van der Waals surface area contributed by atoms with Crippen LogP contribution in [0, 0.1) is 0 Å². The van der Waals surface area contributed by atoms with E-state index in [2.05, 4.69) is 35.8 Å². The number of sulfonamides is 1. The molecule has 7 heteroatoms. The Bertz CT molecular complexity index is 785. The lowest BCUT2D eigenvalue weighted by Gasteiger charge is -2.13. The van der Waals surface area contributed by atoms with Crippen LogP contribution < -0.4 is 10.0 Å². The minimum atomic E-state index is -3.47. The Morgan fingerprint density at radius 1 is 1.36 bits per heavy atom. The Hall–Kier alpha value is -1.02. The van der Waals surface area contributed by atoms with Crippen LogP contribution in [-0.4, -0.2) is 32.5 Å². The molecule has 1 atom stereocenters. The number of hydrogen-bond acceptors (Lipinski definition) is 5. The Morgan fingerprint density at radius 3 is 2.77 bits per heavy atom. The summed E-state index contributed by atoms with van der Waals surface area (Å²) in [7, 11) is -3.47. The standard InChI is InChI=1S/C15H21N3O2S2/c1-15(2,3)14-17-12-5-4-11(8-13(12)21-14)22(19,20)18-10-6-7-16-9-10/h4-5,8,10,16,18H,6-7,9H2,1-3H3. The number of aromatic nitrogens is 1. The monoisotopic (exact) mass is 339 g/mol. The van der Waals surface area contributed by atoms with E-state index in [1.54, 1.807) is 29.5 Å². The molecule has 0 aliphatic carbocycles. The van der Waals surface area contributed by atoms with Crippen LogP contribution >= 0.6 is 11.3 Å². The molecule has 1 fully saturated rings. The highest BCUT2D eigenvalue weighted by molar-refractivity contribution is 7.89. The maximum Gasteiger partial charge on any atom is 0.240 e. The van der Waals surface area contributed by atoms with Gasteiger partial charge in [-0.05, 0) is 31.2 Å². The highest BCUT2D eigenvalue weighted by Gasteiger charge is 2.24. The van der Waals surface area contributed by atoms with Crippen LogP contribution in [0.4, 0.5) is 0 Å². The van der Waals surface area contributed by atoms with Crippen molar-refractivity contribution in [1.82, 2.24) is 15.0 Å². The summed E-state index contributed by atoms with van der Waals surface area (Å²) in [6.45, 7) is 7.87. The van der Waals surface area contributed by atoms with Gasteiger partial charge in [0.25, 0.3) is 0 Å². The van der Waals surface area contributed by atoms with E-state index in [1.165, 1.54) is 0 Å². The highest BCUT2D eigenvalue weighted by Crippen LogP contribution is 2.32. The molecule has 2 N–H and O–H groups in total. The van der Waals surface area contributed by atoms with Crippen molar-refractivity contribution in [3.8, 4) is 0 Å². The average molecular weight is 339 g/mol. The second-order valence-electron chi connectivity index (χ2n) is 6.71. The molecule has 1 aromatic carbocycles. The summed E-state index contributed by atoms with van der Waals surface area (Å²) in [4.78, 5) is 4.92. The first-order valence-corrected chi connectivity index (χ1v) is 9.70. The third kappa shape index (κ3) is 3.17. The molecule has 0 saturated carbocycles. The van der Waals surface area contributed by atoms with Crippen molar-refractivity contribution in [2.24, 2.45) is 0 Å². The van der Waals surface area contributed by atoms with Gasteiger partial charge in [0.2, 0.25) is 10.0 Å². The molecule has 1 unspecified atom stereocenters.